The van der Waals surface area contributed by atoms with E-state index >= 15 is 0 Å². The fourth-order valence-corrected chi connectivity index (χ4v) is 3.84. The molecule has 1 aromatic rings. The lowest BCUT2D eigenvalue weighted by atomic mass is 9.95. The molecule has 2 aliphatic rings. The van der Waals surface area contributed by atoms with Crippen LogP contribution in [0.3, 0.4) is 0 Å². The largest absolute Gasteiger partial charge is 0.366 e. The minimum atomic E-state index is -0.199. The Balaban J connectivity index is 1.89. The van der Waals surface area contributed by atoms with Gasteiger partial charge in [0.05, 0.1) is 0 Å². The molecule has 0 bridgehead atoms. The lowest BCUT2D eigenvalue weighted by Gasteiger charge is -2.49. The van der Waals surface area contributed by atoms with E-state index < -0.39 is 0 Å². The Kier molecular flexibility index (Phi) is 4.18. The summed E-state index contributed by atoms with van der Waals surface area (Å²) >= 11 is 0. The van der Waals surface area contributed by atoms with Crippen LogP contribution in [0.15, 0.2) is 18.2 Å². The molecule has 2 heterocycles. The third-order valence-corrected chi connectivity index (χ3v) is 4.98. The van der Waals surface area contributed by atoms with Gasteiger partial charge < -0.3 is 10.6 Å². The van der Waals surface area contributed by atoms with Gasteiger partial charge in [0.2, 0.25) is 0 Å². The smallest absolute Gasteiger partial charge is 0.123 e. The first-order chi connectivity index (χ1) is 10.1. The van der Waals surface area contributed by atoms with Crippen LogP contribution in [0.5, 0.6) is 0 Å². The van der Waals surface area contributed by atoms with Crippen molar-refractivity contribution in [1.29, 1.82) is 0 Å². The number of rotatable bonds is 2. The van der Waals surface area contributed by atoms with Crippen LogP contribution in [-0.2, 0) is 0 Å². The van der Waals surface area contributed by atoms with Crippen molar-refractivity contribution in [3.63, 3.8) is 0 Å². The zero-order chi connectivity index (χ0) is 15.0. The van der Waals surface area contributed by atoms with Crippen molar-refractivity contribution in [3.05, 3.63) is 29.6 Å². The second-order valence-electron chi connectivity index (χ2n) is 6.64. The number of nitrogens with two attached hydrogens (primary N) is 1. The number of piperidine rings is 1. The van der Waals surface area contributed by atoms with Crippen LogP contribution in [0, 0.1) is 5.82 Å². The van der Waals surface area contributed by atoms with E-state index in [0.29, 0.717) is 12.1 Å². The van der Waals surface area contributed by atoms with Crippen LogP contribution in [0.4, 0.5) is 10.1 Å². The van der Waals surface area contributed by atoms with Gasteiger partial charge in [-0.05, 0) is 57.0 Å². The van der Waals surface area contributed by atoms with E-state index in [2.05, 4.69) is 16.7 Å². The van der Waals surface area contributed by atoms with Crippen LogP contribution >= 0.6 is 0 Å². The number of fused-ring (bicyclic) bond motifs is 1. The van der Waals surface area contributed by atoms with E-state index in [9.17, 15) is 4.39 Å². The summed E-state index contributed by atoms with van der Waals surface area (Å²) in [6, 6.07) is 6.00. The predicted octanol–water partition coefficient (Wildman–Crippen LogP) is 2.91. The maximum Gasteiger partial charge on any atom is 0.123 e. The molecule has 0 aliphatic carbocycles. The first-order valence-corrected chi connectivity index (χ1v) is 8.12. The Morgan fingerprint density at radius 1 is 1.29 bits per heavy atom. The molecule has 116 valence electrons. The highest BCUT2D eigenvalue weighted by Gasteiger charge is 2.33. The van der Waals surface area contributed by atoms with E-state index in [-0.39, 0.29) is 11.9 Å². The van der Waals surface area contributed by atoms with Crippen LogP contribution in [0.2, 0.25) is 0 Å². The minimum absolute atomic E-state index is 0.146. The lowest BCUT2D eigenvalue weighted by Crippen LogP contribution is -2.59. The van der Waals surface area contributed by atoms with Crippen LogP contribution in [-0.4, -0.2) is 36.6 Å². The maximum absolute atomic E-state index is 13.6. The van der Waals surface area contributed by atoms with Crippen molar-refractivity contribution >= 4 is 5.69 Å². The average molecular weight is 291 g/mol. The van der Waals surface area contributed by atoms with Gasteiger partial charge >= 0.3 is 0 Å². The molecule has 2 saturated heterocycles. The minimum Gasteiger partial charge on any atom is -0.366 e. The van der Waals surface area contributed by atoms with Gasteiger partial charge in [-0.25, -0.2) is 4.39 Å². The van der Waals surface area contributed by atoms with E-state index in [1.54, 1.807) is 12.1 Å². The molecule has 0 spiro atoms. The van der Waals surface area contributed by atoms with Gasteiger partial charge in [-0.3, -0.25) is 4.90 Å². The Hall–Kier alpha value is -1.13. The zero-order valence-corrected chi connectivity index (χ0v) is 13.1. The molecular formula is C17H26FN3. The summed E-state index contributed by atoms with van der Waals surface area (Å²) in [6.07, 6.45) is 3.93. The molecule has 3 rings (SSSR count). The van der Waals surface area contributed by atoms with E-state index in [0.717, 1.165) is 24.3 Å². The quantitative estimate of drug-likeness (QED) is 0.909. The fourth-order valence-electron chi connectivity index (χ4n) is 3.84. The maximum atomic E-state index is 13.6. The third kappa shape index (κ3) is 2.92. The molecular weight excluding hydrogens is 265 g/mol. The summed E-state index contributed by atoms with van der Waals surface area (Å²) in [5.74, 6) is -0.199. The normalized spacial score (nSPS) is 28.3. The Morgan fingerprint density at radius 3 is 2.86 bits per heavy atom. The number of halogens is 1. The average Bonchev–Trinajstić information content (AvgIpc) is 2.46. The van der Waals surface area contributed by atoms with Gasteiger partial charge in [-0.1, -0.05) is 6.42 Å². The summed E-state index contributed by atoms with van der Waals surface area (Å²) in [6.45, 7) is 7.55. The van der Waals surface area contributed by atoms with Gasteiger partial charge in [0.25, 0.3) is 0 Å². The molecule has 0 amide bonds. The van der Waals surface area contributed by atoms with Crippen LogP contribution in [0.25, 0.3) is 0 Å². The van der Waals surface area contributed by atoms with Crippen molar-refractivity contribution in [1.82, 2.24) is 4.90 Å². The number of nitrogens with zero attached hydrogens (tertiary/aromatic N) is 2. The Bertz CT molecular complexity index is 503. The first-order valence-electron chi connectivity index (χ1n) is 8.12. The number of benzene rings is 1. The monoisotopic (exact) mass is 291 g/mol. The molecule has 21 heavy (non-hydrogen) atoms. The molecule has 2 fully saturated rings. The number of anilines is 1. The van der Waals surface area contributed by atoms with Gasteiger partial charge in [-0.2, -0.15) is 0 Å². The summed E-state index contributed by atoms with van der Waals surface area (Å²) in [5, 5.41) is 0. The van der Waals surface area contributed by atoms with Gasteiger partial charge in [0.1, 0.15) is 5.82 Å². The SMILES string of the molecule is CC1CN2CCCCC2CN1c1ccc(F)cc1[C@H](C)N. The predicted molar refractivity (Wildman–Crippen MR) is 85.0 cm³/mol. The van der Waals surface area contributed by atoms with Gasteiger partial charge in [0.15, 0.2) is 0 Å². The fraction of sp³-hybridized carbons (Fsp3) is 0.647. The van der Waals surface area contributed by atoms with Crippen LogP contribution < -0.4 is 10.6 Å². The van der Waals surface area contributed by atoms with Crippen LogP contribution in [0.1, 0.15) is 44.7 Å². The van der Waals surface area contributed by atoms with E-state index in [1.807, 2.05) is 13.0 Å². The lowest BCUT2D eigenvalue weighted by molar-refractivity contribution is 0.115. The number of hydrogen-bond donors (Lipinski definition) is 1. The Labute approximate surface area is 126 Å². The zero-order valence-electron chi connectivity index (χ0n) is 13.1. The van der Waals surface area contributed by atoms with Crippen molar-refractivity contribution in [3.8, 4) is 0 Å². The number of hydrogen-bond acceptors (Lipinski definition) is 3. The third-order valence-electron chi connectivity index (χ3n) is 4.98. The van der Waals surface area contributed by atoms with Crippen molar-refractivity contribution in [2.45, 2.75) is 51.2 Å². The molecule has 0 saturated carbocycles. The summed E-state index contributed by atoms with van der Waals surface area (Å²) in [5.41, 5.74) is 8.10. The standard InChI is InChI=1S/C17H26FN3/c1-12-10-20-8-4-3-5-15(20)11-21(12)17-7-6-14(18)9-16(17)13(2)19/h6-7,9,12-13,15H,3-5,8,10-11,19H2,1-2H3/t12?,13-,15?/m0/s1. The van der Waals surface area contributed by atoms with Crippen molar-refractivity contribution in [2.75, 3.05) is 24.5 Å². The first kappa shape index (κ1) is 14.8. The summed E-state index contributed by atoms with van der Waals surface area (Å²) in [7, 11) is 0. The second-order valence-corrected chi connectivity index (χ2v) is 6.64. The highest BCUT2D eigenvalue weighted by molar-refractivity contribution is 5.56. The molecule has 2 unspecified atom stereocenters. The molecule has 0 radical (unpaired) electrons. The molecule has 3 nitrogen and oxygen atoms in total. The molecule has 1 aromatic carbocycles. The Morgan fingerprint density at radius 2 is 2.10 bits per heavy atom. The molecule has 2 aliphatic heterocycles. The molecule has 3 atom stereocenters. The highest BCUT2D eigenvalue weighted by Crippen LogP contribution is 2.32. The highest BCUT2D eigenvalue weighted by atomic mass is 19.1. The second kappa shape index (κ2) is 5.93. The van der Waals surface area contributed by atoms with E-state index in [1.165, 1.54) is 25.8 Å². The molecule has 2 N–H and O–H groups in total. The topological polar surface area (TPSA) is 32.5 Å². The number of piperazine rings is 1. The van der Waals surface area contributed by atoms with E-state index in [4.69, 9.17) is 5.73 Å². The van der Waals surface area contributed by atoms with Crippen molar-refractivity contribution in [2.24, 2.45) is 5.73 Å². The molecule has 4 heteroatoms. The summed E-state index contributed by atoms with van der Waals surface area (Å²) < 4.78 is 13.6. The summed E-state index contributed by atoms with van der Waals surface area (Å²) in [4.78, 5) is 5.06. The van der Waals surface area contributed by atoms with Gasteiger partial charge in [0, 0.05) is 36.9 Å². The molecule has 0 aromatic heterocycles. The van der Waals surface area contributed by atoms with Crippen molar-refractivity contribution < 1.29 is 4.39 Å². The van der Waals surface area contributed by atoms with Gasteiger partial charge in [-0.15, -0.1) is 0 Å².